The highest BCUT2D eigenvalue weighted by Crippen LogP contribution is 2.46. The molecular weight excluding hydrogens is 544 g/mol. The number of benzene rings is 1. The third-order valence-corrected chi connectivity index (χ3v) is 8.59. The van der Waals surface area contributed by atoms with Crippen molar-refractivity contribution in [1.29, 1.82) is 0 Å². The molecule has 40 heavy (non-hydrogen) atoms. The number of nitrogens with zero attached hydrogens (tertiary/aromatic N) is 3. The lowest BCUT2D eigenvalue weighted by Gasteiger charge is -2.25. The Hall–Kier alpha value is -3.09. The van der Waals surface area contributed by atoms with Gasteiger partial charge in [-0.2, -0.15) is 5.09 Å². The molecule has 1 saturated carbocycles. The lowest BCUT2D eigenvalue weighted by atomic mass is 10.1. The van der Waals surface area contributed by atoms with E-state index in [1.165, 1.54) is 11.5 Å². The summed E-state index contributed by atoms with van der Waals surface area (Å²) in [6.45, 7) is 2.64. The molecule has 1 saturated heterocycles. The van der Waals surface area contributed by atoms with Crippen LogP contribution >= 0.6 is 7.75 Å². The third kappa shape index (κ3) is 6.13. The molecule has 5 rings (SSSR count). The number of aliphatic hydroxyl groups is 1. The van der Waals surface area contributed by atoms with E-state index in [9.17, 15) is 14.5 Å². The first-order chi connectivity index (χ1) is 19.1. The van der Waals surface area contributed by atoms with Gasteiger partial charge in [0.2, 0.25) is 0 Å². The number of aromatic nitrogens is 3. The van der Waals surface area contributed by atoms with Gasteiger partial charge in [-0.05, 0) is 57.7 Å². The predicted octanol–water partition coefficient (Wildman–Crippen LogP) is 3.59. The number of alkyl halides is 1. The molecule has 3 heterocycles. The first kappa shape index (κ1) is 28.4. The number of aryl methyl sites for hydroxylation is 1. The quantitative estimate of drug-likeness (QED) is 0.239. The summed E-state index contributed by atoms with van der Waals surface area (Å²) >= 11 is 0. The molecule has 2 fully saturated rings. The van der Waals surface area contributed by atoms with Crippen molar-refractivity contribution in [3.05, 3.63) is 48.4 Å². The van der Waals surface area contributed by atoms with Crippen molar-refractivity contribution in [3.8, 4) is 5.75 Å². The minimum atomic E-state index is -4.24. The van der Waals surface area contributed by atoms with Gasteiger partial charge in [-0.3, -0.25) is 9.32 Å². The second kappa shape index (κ2) is 11.8. The van der Waals surface area contributed by atoms with Crippen molar-refractivity contribution in [3.63, 3.8) is 0 Å². The molecule has 0 bridgehead atoms. The van der Waals surface area contributed by atoms with Crippen molar-refractivity contribution >= 4 is 30.6 Å². The standard InChI is InChI=1S/C26H33FN5O7P/c1-15(26(34)37-17-8-6-7-9-17)31-40(35,39-18-10-4-3-5-11-18)36-14-20-22(33)21(27)25(38-20)32-13-12-19-23(28)29-16(2)30-24(19)32/h3-5,10-13,15,17,20-22,25,33H,6-9,14H2,1-2H3,(H,31,35)(H2,28,29,30)/t15-,20+,21+,22?,25+,40?/m0/s1. The summed E-state index contributed by atoms with van der Waals surface area (Å²) in [6, 6.07) is 8.85. The summed E-state index contributed by atoms with van der Waals surface area (Å²) in [5.41, 5.74) is 6.32. The number of halogens is 1. The Morgan fingerprint density at radius 3 is 2.73 bits per heavy atom. The van der Waals surface area contributed by atoms with Crippen LogP contribution in [0.15, 0.2) is 42.6 Å². The smallest absolute Gasteiger partial charge is 0.459 e. The van der Waals surface area contributed by atoms with Crippen LogP contribution in [0.25, 0.3) is 11.0 Å². The number of esters is 1. The lowest BCUT2D eigenvalue weighted by Crippen LogP contribution is -2.38. The summed E-state index contributed by atoms with van der Waals surface area (Å²) < 4.78 is 53.1. The largest absolute Gasteiger partial charge is 0.461 e. The minimum absolute atomic E-state index is 0.179. The van der Waals surface area contributed by atoms with E-state index in [-0.39, 0.29) is 17.7 Å². The summed E-state index contributed by atoms with van der Waals surface area (Å²) in [7, 11) is -4.24. The number of para-hydroxylation sites is 1. The van der Waals surface area contributed by atoms with Crippen LogP contribution in [0.5, 0.6) is 5.75 Å². The number of carbonyl (C=O) groups is 1. The highest BCUT2D eigenvalue weighted by Gasteiger charge is 2.47. The molecular formula is C26H33FN5O7P. The van der Waals surface area contributed by atoms with Crippen molar-refractivity contribution in [2.24, 2.45) is 0 Å². The third-order valence-electron chi connectivity index (χ3n) is 6.95. The summed E-state index contributed by atoms with van der Waals surface area (Å²) in [4.78, 5) is 21.1. The zero-order valence-corrected chi connectivity index (χ0v) is 23.1. The topological polar surface area (TPSA) is 160 Å². The number of hydrogen-bond acceptors (Lipinski definition) is 10. The Labute approximate surface area is 230 Å². The van der Waals surface area contributed by atoms with Crippen LogP contribution in [-0.2, 0) is 23.4 Å². The first-order valence-electron chi connectivity index (χ1n) is 13.2. The van der Waals surface area contributed by atoms with Crippen LogP contribution < -0.4 is 15.3 Å². The molecule has 12 nitrogen and oxygen atoms in total. The minimum Gasteiger partial charge on any atom is -0.461 e. The number of rotatable bonds is 10. The Morgan fingerprint density at radius 1 is 1.27 bits per heavy atom. The van der Waals surface area contributed by atoms with Gasteiger partial charge in [0.1, 0.15) is 47.4 Å². The number of fused-ring (bicyclic) bond motifs is 1. The number of nitrogen functional groups attached to an aromatic ring is 1. The fraction of sp³-hybridized carbons (Fsp3) is 0.500. The maximum absolute atomic E-state index is 15.3. The van der Waals surface area contributed by atoms with E-state index in [1.807, 2.05) is 0 Å². The van der Waals surface area contributed by atoms with Gasteiger partial charge in [-0.25, -0.2) is 18.9 Å². The van der Waals surface area contributed by atoms with Crippen LogP contribution in [0, 0.1) is 6.92 Å². The molecule has 0 radical (unpaired) electrons. The molecule has 1 aliphatic heterocycles. The van der Waals surface area contributed by atoms with E-state index in [1.54, 1.807) is 49.5 Å². The molecule has 2 unspecified atom stereocenters. The van der Waals surface area contributed by atoms with Crippen molar-refractivity contribution in [2.75, 3.05) is 12.3 Å². The first-order valence-corrected chi connectivity index (χ1v) is 14.7. The molecule has 6 atom stereocenters. The summed E-state index contributed by atoms with van der Waals surface area (Å²) in [5, 5.41) is 13.8. The molecule has 14 heteroatoms. The number of nitrogens with two attached hydrogens (primary N) is 1. The number of ether oxygens (including phenoxy) is 2. The number of aliphatic hydroxyl groups excluding tert-OH is 1. The van der Waals surface area contributed by atoms with E-state index < -0.39 is 51.0 Å². The zero-order chi connectivity index (χ0) is 28.4. The average Bonchev–Trinajstić information content (AvgIpc) is 3.64. The van der Waals surface area contributed by atoms with Crippen molar-refractivity contribution in [2.45, 2.75) is 76.3 Å². The maximum atomic E-state index is 15.3. The van der Waals surface area contributed by atoms with Crippen LogP contribution in [-0.4, -0.2) is 62.7 Å². The number of nitrogens with one attached hydrogen (secondary N) is 1. The van der Waals surface area contributed by atoms with Gasteiger partial charge in [0.15, 0.2) is 12.4 Å². The molecule has 3 aromatic rings. The number of hydrogen-bond donors (Lipinski definition) is 3. The SMILES string of the molecule is Cc1nc(N)c2ccn([C@@H]3O[C@H](COP(=O)(N[C@@H](C)C(=O)OC4CCCC4)Oc4ccccc4)C(O)[C@H]3F)c2n1. The van der Waals surface area contributed by atoms with Gasteiger partial charge in [0.25, 0.3) is 0 Å². The fourth-order valence-electron chi connectivity index (χ4n) is 4.88. The summed E-state index contributed by atoms with van der Waals surface area (Å²) in [6.07, 6.45) is -1.04. The highest BCUT2D eigenvalue weighted by molar-refractivity contribution is 7.52. The average molecular weight is 578 g/mol. The molecule has 1 aliphatic carbocycles. The number of carbonyl (C=O) groups excluding carboxylic acids is 1. The van der Waals surface area contributed by atoms with E-state index in [0.717, 1.165) is 25.7 Å². The van der Waals surface area contributed by atoms with Crippen molar-refractivity contribution in [1.82, 2.24) is 19.6 Å². The zero-order valence-electron chi connectivity index (χ0n) is 22.2. The van der Waals surface area contributed by atoms with Crippen molar-refractivity contribution < 1.29 is 37.4 Å². The van der Waals surface area contributed by atoms with Crippen LogP contribution in [0.3, 0.4) is 0 Å². The van der Waals surface area contributed by atoms with Gasteiger partial charge >= 0.3 is 13.7 Å². The van der Waals surface area contributed by atoms with Gasteiger partial charge in [0, 0.05) is 6.20 Å². The second-order valence-electron chi connectivity index (χ2n) is 10.0. The van der Waals surface area contributed by atoms with Crippen LogP contribution in [0.2, 0.25) is 0 Å². The normalized spacial score (nSPS) is 25.6. The Kier molecular flexibility index (Phi) is 8.39. The predicted molar refractivity (Wildman–Crippen MR) is 143 cm³/mol. The van der Waals surface area contributed by atoms with Crippen LogP contribution in [0.4, 0.5) is 10.2 Å². The van der Waals surface area contributed by atoms with E-state index in [2.05, 4.69) is 15.1 Å². The molecule has 4 N–H and O–H groups in total. The molecule has 1 aromatic carbocycles. The Bertz CT molecular complexity index is 1390. The molecule has 2 aliphatic rings. The molecule has 0 spiro atoms. The summed E-state index contributed by atoms with van der Waals surface area (Å²) in [5.74, 6) is 0.255. The van der Waals surface area contributed by atoms with E-state index in [0.29, 0.717) is 16.9 Å². The van der Waals surface area contributed by atoms with Gasteiger partial charge in [-0.15, -0.1) is 0 Å². The molecule has 216 valence electrons. The maximum Gasteiger partial charge on any atom is 0.459 e. The van der Waals surface area contributed by atoms with Gasteiger partial charge in [0.05, 0.1) is 12.0 Å². The van der Waals surface area contributed by atoms with Crippen LogP contribution in [0.1, 0.15) is 44.7 Å². The lowest BCUT2D eigenvalue weighted by molar-refractivity contribution is -0.150. The van der Waals surface area contributed by atoms with E-state index in [4.69, 9.17) is 24.3 Å². The number of anilines is 1. The van der Waals surface area contributed by atoms with E-state index >= 15 is 4.39 Å². The molecule has 0 amide bonds. The second-order valence-corrected chi connectivity index (χ2v) is 11.7. The Balaban J connectivity index is 1.30. The van der Waals surface area contributed by atoms with Gasteiger partial charge < -0.3 is 29.4 Å². The van der Waals surface area contributed by atoms with Gasteiger partial charge in [-0.1, -0.05) is 18.2 Å². The Morgan fingerprint density at radius 2 is 2.00 bits per heavy atom. The monoisotopic (exact) mass is 577 g/mol. The fourth-order valence-corrected chi connectivity index (χ4v) is 6.39. The highest BCUT2D eigenvalue weighted by atomic mass is 31.2. The molecule has 2 aromatic heterocycles.